The van der Waals surface area contributed by atoms with Gasteiger partial charge in [0.1, 0.15) is 0 Å². The highest BCUT2D eigenvalue weighted by molar-refractivity contribution is 5.94. The van der Waals surface area contributed by atoms with Crippen molar-refractivity contribution < 1.29 is 9.53 Å². The molecular weight excluding hydrogens is 304 g/mol. The standard InChI is InChI=1S/C18H18N4O2/c1-24-10-9-19-18(23)14-7-8-17(20-11-14)15-12-21-22(13-15)16-5-3-2-4-6-16/h2-8,11-13H,9-10H2,1H3,(H,19,23). The van der Waals surface area contributed by atoms with Crippen LogP contribution >= 0.6 is 0 Å². The maximum Gasteiger partial charge on any atom is 0.252 e. The van der Waals surface area contributed by atoms with Crippen LogP contribution in [-0.2, 0) is 4.74 Å². The van der Waals surface area contributed by atoms with Crippen molar-refractivity contribution in [2.24, 2.45) is 0 Å². The first-order chi connectivity index (χ1) is 11.8. The van der Waals surface area contributed by atoms with E-state index in [-0.39, 0.29) is 5.91 Å². The van der Waals surface area contributed by atoms with Gasteiger partial charge in [-0.3, -0.25) is 9.78 Å². The molecule has 0 radical (unpaired) electrons. The lowest BCUT2D eigenvalue weighted by Crippen LogP contribution is -2.26. The van der Waals surface area contributed by atoms with Gasteiger partial charge in [0.05, 0.1) is 29.7 Å². The van der Waals surface area contributed by atoms with Gasteiger partial charge < -0.3 is 10.1 Å². The highest BCUT2D eigenvalue weighted by atomic mass is 16.5. The summed E-state index contributed by atoms with van der Waals surface area (Å²) in [6, 6.07) is 13.4. The molecule has 1 aromatic carbocycles. The topological polar surface area (TPSA) is 69.0 Å². The van der Waals surface area contributed by atoms with Gasteiger partial charge in [0.15, 0.2) is 0 Å². The summed E-state index contributed by atoms with van der Waals surface area (Å²) in [5, 5.41) is 7.12. The number of nitrogens with zero attached hydrogens (tertiary/aromatic N) is 3. The van der Waals surface area contributed by atoms with Crippen molar-refractivity contribution in [2.45, 2.75) is 0 Å². The average molecular weight is 322 g/mol. The molecule has 0 aliphatic carbocycles. The lowest BCUT2D eigenvalue weighted by Gasteiger charge is -2.04. The van der Waals surface area contributed by atoms with E-state index in [1.807, 2.05) is 42.6 Å². The molecule has 3 aromatic rings. The minimum Gasteiger partial charge on any atom is -0.383 e. The highest BCUT2D eigenvalue weighted by Crippen LogP contribution is 2.18. The van der Waals surface area contributed by atoms with Gasteiger partial charge in [-0.25, -0.2) is 4.68 Å². The van der Waals surface area contributed by atoms with Crippen LogP contribution in [0.1, 0.15) is 10.4 Å². The van der Waals surface area contributed by atoms with E-state index in [2.05, 4.69) is 15.4 Å². The monoisotopic (exact) mass is 322 g/mol. The summed E-state index contributed by atoms with van der Waals surface area (Å²) in [4.78, 5) is 16.3. The molecule has 0 unspecified atom stereocenters. The van der Waals surface area contributed by atoms with E-state index in [9.17, 15) is 4.79 Å². The number of hydrogen-bond donors (Lipinski definition) is 1. The molecule has 0 spiro atoms. The molecule has 6 nitrogen and oxygen atoms in total. The van der Waals surface area contributed by atoms with Crippen LogP contribution in [0.4, 0.5) is 0 Å². The Morgan fingerprint density at radius 3 is 2.71 bits per heavy atom. The molecule has 0 saturated heterocycles. The summed E-state index contributed by atoms with van der Waals surface area (Å²) in [5.74, 6) is -0.161. The van der Waals surface area contributed by atoms with Gasteiger partial charge in [-0.05, 0) is 24.3 Å². The number of pyridine rings is 1. The average Bonchev–Trinajstić information content (AvgIpc) is 3.13. The van der Waals surface area contributed by atoms with E-state index in [4.69, 9.17) is 4.74 Å². The Labute approximate surface area is 140 Å². The molecule has 1 amide bonds. The van der Waals surface area contributed by atoms with E-state index in [0.29, 0.717) is 18.7 Å². The van der Waals surface area contributed by atoms with Crippen LogP contribution < -0.4 is 5.32 Å². The molecule has 2 heterocycles. The van der Waals surface area contributed by atoms with Gasteiger partial charge in [-0.15, -0.1) is 0 Å². The van der Waals surface area contributed by atoms with Crippen LogP contribution in [-0.4, -0.2) is 40.9 Å². The number of rotatable bonds is 6. The first kappa shape index (κ1) is 15.9. The highest BCUT2D eigenvalue weighted by Gasteiger charge is 2.08. The molecule has 0 atom stereocenters. The van der Waals surface area contributed by atoms with Crippen molar-refractivity contribution in [3.05, 3.63) is 66.6 Å². The third-order valence-corrected chi connectivity index (χ3v) is 3.52. The number of para-hydroxylation sites is 1. The molecule has 0 fully saturated rings. The minimum absolute atomic E-state index is 0.161. The van der Waals surface area contributed by atoms with Crippen molar-refractivity contribution in [3.8, 4) is 16.9 Å². The lowest BCUT2D eigenvalue weighted by molar-refractivity contribution is 0.0937. The van der Waals surface area contributed by atoms with Crippen molar-refractivity contribution >= 4 is 5.91 Å². The number of carbonyl (C=O) groups excluding carboxylic acids is 1. The van der Waals surface area contributed by atoms with Gasteiger partial charge in [-0.1, -0.05) is 18.2 Å². The number of methoxy groups -OCH3 is 1. The first-order valence-electron chi connectivity index (χ1n) is 7.61. The second-order valence-corrected chi connectivity index (χ2v) is 5.19. The largest absolute Gasteiger partial charge is 0.383 e. The molecule has 2 aromatic heterocycles. The van der Waals surface area contributed by atoms with Crippen LogP contribution in [0, 0.1) is 0 Å². The number of amides is 1. The normalized spacial score (nSPS) is 10.5. The van der Waals surface area contributed by atoms with Gasteiger partial charge in [-0.2, -0.15) is 5.10 Å². The minimum atomic E-state index is -0.161. The molecule has 24 heavy (non-hydrogen) atoms. The molecule has 0 bridgehead atoms. The molecular formula is C18H18N4O2. The van der Waals surface area contributed by atoms with Crippen LogP contribution in [0.25, 0.3) is 16.9 Å². The Bertz CT molecular complexity index is 797. The fraction of sp³-hybridized carbons (Fsp3) is 0.167. The van der Waals surface area contributed by atoms with Gasteiger partial charge in [0.25, 0.3) is 5.91 Å². The van der Waals surface area contributed by atoms with Crippen LogP contribution in [0.2, 0.25) is 0 Å². The molecule has 0 saturated carbocycles. The van der Waals surface area contributed by atoms with Crippen LogP contribution in [0.3, 0.4) is 0 Å². The molecule has 6 heteroatoms. The smallest absolute Gasteiger partial charge is 0.252 e. The van der Waals surface area contributed by atoms with Gasteiger partial charge in [0.2, 0.25) is 0 Å². The third-order valence-electron chi connectivity index (χ3n) is 3.52. The SMILES string of the molecule is COCCNC(=O)c1ccc(-c2cnn(-c3ccccc3)c2)nc1. The Hall–Kier alpha value is -2.99. The second kappa shape index (κ2) is 7.52. The number of benzene rings is 1. The van der Waals surface area contributed by atoms with Crippen molar-refractivity contribution in [1.82, 2.24) is 20.1 Å². The zero-order valence-corrected chi connectivity index (χ0v) is 13.3. The second-order valence-electron chi connectivity index (χ2n) is 5.19. The number of hydrogen-bond acceptors (Lipinski definition) is 4. The summed E-state index contributed by atoms with van der Waals surface area (Å²) in [7, 11) is 1.60. The van der Waals surface area contributed by atoms with Crippen LogP contribution in [0.5, 0.6) is 0 Å². The molecule has 122 valence electrons. The van der Waals surface area contributed by atoms with E-state index in [1.165, 1.54) is 0 Å². The fourth-order valence-electron chi connectivity index (χ4n) is 2.24. The van der Waals surface area contributed by atoms with E-state index >= 15 is 0 Å². The Kier molecular flexibility index (Phi) is 4.98. The number of aromatic nitrogens is 3. The zero-order chi connectivity index (χ0) is 16.8. The maximum absolute atomic E-state index is 11.9. The van der Waals surface area contributed by atoms with E-state index in [1.54, 1.807) is 30.3 Å². The quantitative estimate of drug-likeness (QED) is 0.707. The predicted molar refractivity (Wildman–Crippen MR) is 91.0 cm³/mol. The summed E-state index contributed by atoms with van der Waals surface area (Å²) >= 11 is 0. The third kappa shape index (κ3) is 3.67. The number of nitrogens with one attached hydrogen (secondary N) is 1. The van der Waals surface area contributed by atoms with E-state index < -0.39 is 0 Å². The van der Waals surface area contributed by atoms with Crippen molar-refractivity contribution in [1.29, 1.82) is 0 Å². The summed E-state index contributed by atoms with van der Waals surface area (Å²) in [5.41, 5.74) is 3.17. The summed E-state index contributed by atoms with van der Waals surface area (Å²) in [6.07, 6.45) is 5.24. The Morgan fingerprint density at radius 2 is 2.00 bits per heavy atom. The fourth-order valence-corrected chi connectivity index (χ4v) is 2.24. The summed E-state index contributed by atoms with van der Waals surface area (Å²) < 4.78 is 6.70. The molecule has 0 aliphatic rings. The van der Waals surface area contributed by atoms with Crippen LogP contribution in [0.15, 0.2) is 61.1 Å². The molecule has 0 aliphatic heterocycles. The molecule has 1 N–H and O–H groups in total. The Morgan fingerprint density at radius 1 is 1.17 bits per heavy atom. The van der Waals surface area contributed by atoms with E-state index in [0.717, 1.165) is 16.9 Å². The Balaban J connectivity index is 1.72. The van der Waals surface area contributed by atoms with Crippen molar-refractivity contribution in [2.75, 3.05) is 20.3 Å². The first-order valence-corrected chi connectivity index (χ1v) is 7.61. The van der Waals surface area contributed by atoms with Gasteiger partial charge in [0, 0.05) is 31.6 Å². The molecule has 3 rings (SSSR count). The zero-order valence-electron chi connectivity index (χ0n) is 13.3. The number of carbonyl (C=O) groups is 1. The maximum atomic E-state index is 11.9. The lowest BCUT2D eigenvalue weighted by atomic mass is 10.2. The van der Waals surface area contributed by atoms with Crippen molar-refractivity contribution in [3.63, 3.8) is 0 Å². The predicted octanol–water partition coefficient (Wildman–Crippen LogP) is 2.31. The summed E-state index contributed by atoms with van der Waals surface area (Å²) in [6.45, 7) is 0.955. The van der Waals surface area contributed by atoms with Gasteiger partial charge >= 0.3 is 0 Å². The number of ether oxygens (including phenoxy) is 1.